The van der Waals surface area contributed by atoms with Crippen LogP contribution in [0.25, 0.3) is 11.1 Å². The minimum atomic E-state index is -0.325. The van der Waals surface area contributed by atoms with Crippen molar-refractivity contribution in [3.05, 3.63) is 89.2 Å². The molecule has 0 spiro atoms. The minimum absolute atomic E-state index is 0.102. The number of hydrogen-bond donors (Lipinski definition) is 1. The molecule has 0 fully saturated rings. The van der Waals surface area contributed by atoms with Gasteiger partial charge in [0.15, 0.2) is 5.78 Å². The third-order valence-corrected chi connectivity index (χ3v) is 4.19. The Hall–Kier alpha value is -3.80. The van der Waals surface area contributed by atoms with Gasteiger partial charge in [-0.3, -0.25) is 9.59 Å². The van der Waals surface area contributed by atoms with Gasteiger partial charge in [0.1, 0.15) is 0 Å². The largest absolute Gasteiger partial charge is 0.336 e. The van der Waals surface area contributed by atoms with Crippen molar-refractivity contribution >= 4 is 28.5 Å². The molecular formula is C21H15N3O3. The number of aryl methyl sites for hydroxylation is 1. The van der Waals surface area contributed by atoms with Gasteiger partial charge in [-0.2, -0.15) is 0 Å². The molecular weight excluding hydrogens is 342 g/mol. The zero-order valence-electron chi connectivity index (χ0n) is 14.5. The quantitative estimate of drug-likeness (QED) is 0.558. The predicted molar refractivity (Wildman–Crippen MR) is 101 cm³/mol. The molecule has 0 atom stereocenters. The van der Waals surface area contributed by atoms with Crippen molar-refractivity contribution in [2.75, 3.05) is 5.32 Å². The molecule has 1 N–H and O–H groups in total. The number of anilines is 1. The van der Waals surface area contributed by atoms with E-state index in [1.165, 1.54) is 6.20 Å². The van der Waals surface area contributed by atoms with E-state index in [4.69, 9.17) is 4.52 Å². The lowest BCUT2D eigenvalue weighted by atomic mass is 10.0. The van der Waals surface area contributed by atoms with Gasteiger partial charge in [0.05, 0.1) is 16.6 Å². The Labute approximate surface area is 154 Å². The highest BCUT2D eigenvalue weighted by Crippen LogP contribution is 2.19. The summed E-state index contributed by atoms with van der Waals surface area (Å²) in [6, 6.07) is 17.5. The summed E-state index contributed by atoms with van der Waals surface area (Å²) in [5.74, 6) is -0.427. The second-order valence-corrected chi connectivity index (χ2v) is 6.07. The first-order valence-electron chi connectivity index (χ1n) is 8.35. The van der Waals surface area contributed by atoms with Gasteiger partial charge in [-0.25, -0.2) is 4.98 Å². The SMILES string of the molecule is Cc1noc2ncc(C(=O)Nc3cccc(C(=O)c4ccccc4)c3)cc12. The van der Waals surface area contributed by atoms with Gasteiger partial charge >= 0.3 is 0 Å². The van der Waals surface area contributed by atoms with E-state index >= 15 is 0 Å². The fourth-order valence-corrected chi connectivity index (χ4v) is 2.77. The lowest BCUT2D eigenvalue weighted by molar-refractivity contribution is 0.102. The van der Waals surface area contributed by atoms with Gasteiger partial charge in [-0.05, 0) is 25.1 Å². The van der Waals surface area contributed by atoms with Crippen LogP contribution in [-0.2, 0) is 0 Å². The molecule has 0 aliphatic heterocycles. The molecule has 0 aliphatic carbocycles. The third-order valence-electron chi connectivity index (χ3n) is 4.19. The molecule has 4 rings (SSSR count). The highest BCUT2D eigenvalue weighted by molar-refractivity contribution is 6.10. The van der Waals surface area contributed by atoms with Gasteiger partial charge in [-0.1, -0.05) is 47.6 Å². The van der Waals surface area contributed by atoms with Crippen LogP contribution in [0.1, 0.15) is 32.0 Å². The number of nitrogens with one attached hydrogen (secondary N) is 1. The predicted octanol–water partition coefficient (Wildman–Crippen LogP) is 4.01. The zero-order valence-corrected chi connectivity index (χ0v) is 14.5. The third kappa shape index (κ3) is 3.32. The van der Waals surface area contributed by atoms with E-state index in [-0.39, 0.29) is 11.7 Å². The number of nitrogens with zero attached hydrogens (tertiary/aromatic N) is 2. The lowest BCUT2D eigenvalue weighted by Crippen LogP contribution is -2.13. The number of benzene rings is 2. The summed E-state index contributed by atoms with van der Waals surface area (Å²) in [5, 5.41) is 7.32. The van der Waals surface area contributed by atoms with Crippen molar-refractivity contribution in [2.24, 2.45) is 0 Å². The van der Waals surface area contributed by atoms with Crippen LogP contribution in [0.3, 0.4) is 0 Å². The van der Waals surface area contributed by atoms with Crippen molar-refractivity contribution in [3.8, 4) is 0 Å². The van der Waals surface area contributed by atoms with E-state index < -0.39 is 0 Å². The van der Waals surface area contributed by atoms with Crippen LogP contribution in [0.5, 0.6) is 0 Å². The van der Waals surface area contributed by atoms with Crippen LogP contribution in [0, 0.1) is 6.92 Å². The highest BCUT2D eigenvalue weighted by atomic mass is 16.5. The smallest absolute Gasteiger partial charge is 0.257 e. The summed E-state index contributed by atoms with van der Waals surface area (Å²) in [4.78, 5) is 29.2. The molecule has 6 nitrogen and oxygen atoms in total. The number of fused-ring (bicyclic) bond motifs is 1. The molecule has 2 heterocycles. The van der Waals surface area contributed by atoms with E-state index in [2.05, 4.69) is 15.5 Å². The van der Waals surface area contributed by atoms with Crippen molar-refractivity contribution < 1.29 is 14.1 Å². The van der Waals surface area contributed by atoms with Crippen molar-refractivity contribution in [3.63, 3.8) is 0 Å². The van der Waals surface area contributed by atoms with E-state index in [9.17, 15) is 9.59 Å². The van der Waals surface area contributed by atoms with Crippen LogP contribution in [-0.4, -0.2) is 21.8 Å². The van der Waals surface area contributed by atoms with E-state index in [1.54, 1.807) is 49.4 Å². The Balaban J connectivity index is 1.57. The summed E-state index contributed by atoms with van der Waals surface area (Å²) >= 11 is 0. The summed E-state index contributed by atoms with van der Waals surface area (Å²) in [5.41, 5.74) is 3.07. The van der Waals surface area contributed by atoms with Gasteiger partial charge in [-0.15, -0.1) is 0 Å². The number of rotatable bonds is 4. The Morgan fingerprint density at radius 3 is 2.52 bits per heavy atom. The molecule has 0 radical (unpaired) electrons. The molecule has 0 saturated carbocycles. The first-order chi connectivity index (χ1) is 13.1. The molecule has 27 heavy (non-hydrogen) atoms. The average Bonchev–Trinajstić information content (AvgIpc) is 3.08. The normalized spacial score (nSPS) is 10.7. The van der Waals surface area contributed by atoms with E-state index in [1.807, 2.05) is 18.2 Å². The number of carbonyl (C=O) groups excluding carboxylic acids is 2. The fraction of sp³-hybridized carbons (Fsp3) is 0.0476. The number of aromatic nitrogens is 2. The van der Waals surface area contributed by atoms with Crippen molar-refractivity contribution in [2.45, 2.75) is 6.92 Å². The molecule has 4 aromatic rings. The minimum Gasteiger partial charge on any atom is -0.336 e. The Morgan fingerprint density at radius 2 is 1.70 bits per heavy atom. The monoisotopic (exact) mass is 357 g/mol. The molecule has 0 bridgehead atoms. The number of pyridine rings is 1. The maximum atomic E-state index is 12.6. The van der Waals surface area contributed by atoms with E-state index in [0.717, 1.165) is 0 Å². The molecule has 0 unspecified atom stereocenters. The van der Waals surface area contributed by atoms with Crippen molar-refractivity contribution in [1.29, 1.82) is 0 Å². The number of ketones is 1. The number of hydrogen-bond acceptors (Lipinski definition) is 5. The standard InChI is InChI=1S/C21H15N3O3/c1-13-18-11-16(12-22-21(18)27-24-13)20(26)23-17-9-5-8-15(10-17)19(25)14-6-3-2-4-7-14/h2-12H,1H3,(H,23,26). The van der Waals surface area contributed by atoms with Gasteiger partial charge in [0.25, 0.3) is 11.6 Å². The number of carbonyl (C=O) groups is 2. The lowest BCUT2D eigenvalue weighted by Gasteiger charge is -2.07. The average molecular weight is 357 g/mol. The maximum absolute atomic E-state index is 12.6. The summed E-state index contributed by atoms with van der Waals surface area (Å²) < 4.78 is 5.06. The molecule has 0 aliphatic rings. The second-order valence-electron chi connectivity index (χ2n) is 6.07. The number of amides is 1. The molecule has 2 aromatic heterocycles. The molecule has 6 heteroatoms. The molecule has 1 amide bonds. The fourth-order valence-electron chi connectivity index (χ4n) is 2.77. The van der Waals surface area contributed by atoms with Gasteiger partial charge in [0.2, 0.25) is 0 Å². The van der Waals surface area contributed by atoms with Gasteiger partial charge < -0.3 is 9.84 Å². The topological polar surface area (TPSA) is 85.1 Å². The van der Waals surface area contributed by atoms with Crippen LogP contribution in [0.15, 0.2) is 71.4 Å². The van der Waals surface area contributed by atoms with E-state index in [0.29, 0.717) is 39.2 Å². The Bertz CT molecular complexity index is 1150. The first kappa shape index (κ1) is 16.7. The van der Waals surface area contributed by atoms with Crippen LogP contribution in [0.2, 0.25) is 0 Å². The Morgan fingerprint density at radius 1 is 0.926 bits per heavy atom. The maximum Gasteiger partial charge on any atom is 0.257 e. The first-order valence-corrected chi connectivity index (χ1v) is 8.35. The van der Waals surface area contributed by atoms with Gasteiger partial charge in [0, 0.05) is 23.0 Å². The Kier molecular flexibility index (Phi) is 4.22. The molecule has 132 valence electrons. The summed E-state index contributed by atoms with van der Waals surface area (Å²) in [6.45, 7) is 1.79. The second kappa shape index (κ2) is 6.84. The van der Waals surface area contributed by atoms with Crippen molar-refractivity contribution in [1.82, 2.24) is 10.1 Å². The van der Waals surface area contributed by atoms with Crippen LogP contribution in [0.4, 0.5) is 5.69 Å². The van der Waals surface area contributed by atoms with Crippen LogP contribution < -0.4 is 5.32 Å². The highest BCUT2D eigenvalue weighted by Gasteiger charge is 2.13. The molecule has 0 saturated heterocycles. The van der Waals surface area contributed by atoms with Crippen LogP contribution >= 0.6 is 0 Å². The zero-order chi connectivity index (χ0) is 18.8. The summed E-state index contributed by atoms with van der Waals surface area (Å²) in [6.07, 6.45) is 1.43. The summed E-state index contributed by atoms with van der Waals surface area (Å²) in [7, 11) is 0. The molecule has 2 aromatic carbocycles.